The molecule has 1 heterocycles. The van der Waals surface area contributed by atoms with Crippen molar-refractivity contribution in [3.8, 4) is 0 Å². The highest BCUT2D eigenvalue weighted by Gasteiger charge is 2.19. The van der Waals surface area contributed by atoms with Crippen LogP contribution in [0.5, 0.6) is 0 Å². The summed E-state index contributed by atoms with van der Waals surface area (Å²) in [5.41, 5.74) is 2.40. The fourth-order valence-electron chi connectivity index (χ4n) is 1.56. The number of hydrazine groups is 1. The van der Waals surface area contributed by atoms with E-state index in [1.807, 2.05) is 0 Å². The van der Waals surface area contributed by atoms with E-state index in [0.717, 1.165) is 5.82 Å². The molecule has 114 valence electrons. The van der Waals surface area contributed by atoms with Crippen LogP contribution in [0.3, 0.4) is 0 Å². The molecule has 0 radical (unpaired) electrons. The topological polar surface area (TPSA) is 94.3 Å². The number of aromatic nitrogens is 2. The summed E-state index contributed by atoms with van der Waals surface area (Å²) < 4.78 is 10.4. The van der Waals surface area contributed by atoms with Crippen LogP contribution in [0.15, 0.2) is 6.07 Å². The van der Waals surface area contributed by atoms with E-state index in [-0.39, 0.29) is 11.5 Å². The molecule has 1 atom stereocenters. The maximum atomic E-state index is 5.45. The second kappa shape index (κ2) is 7.37. The molecule has 0 amide bonds. The number of rotatable bonds is 7. The Hall–Kier alpha value is -1.44. The van der Waals surface area contributed by atoms with Gasteiger partial charge in [0, 0.05) is 32.2 Å². The van der Waals surface area contributed by atoms with Crippen molar-refractivity contribution in [3.63, 3.8) is 0 Å². The van der Waals surface area contributed by atoms with E-state index in [1.54, 1.807) is 20.3 Å². The molecule has 1 rings (SSSR count). The molecule has 1 aromatic heterocycles. The van der Waals surface area contributed by atoms with Gasteiger partial charge in [-0.05, 0) is 0 Å². The minimum Gasteiger partial charge on any atom is -0.382 e. The summed E-state index contributed by atoms with van der Waals surface area (Å²) in [4.78, 5) is 8.87. The summed E-state index contributed by atoms with van der Waals surface area (Å²) in [7, 11) is 3.30. The Bertz CT molecular complexity index is 420. The number of nitrogen functional groups attached to an aromatic ring is 1. The van der Waals surface area contributed by atoms with Gasteiger partial charge in [0.15, 0.2) is 0 Å². The molecular formula is C13H25N5O2. The molecular weight excluding hydrogens is 258 g/mol. The standard InChI is InChI=1S/C13H25N5O2/c1-13(2,3)12-16-10(6-11(17-12)18-14)15-7-9(20-5)8-19-4/h6,9H,7-8,14H2,1-5H3,(H2,15,16,17,18). The monoisotopic (exact) mass is 283 g/mol. The van der Waals surface area contributed by atoms with Crippen LogP contribution in [-0.4, -0.2) is 43.4 Å². The van der Waals surface area contributed by atoms with Crippen LogP contribution < -0.4 is 16.6 Å². The largest absolute Gasteiger partial charge is 0.382 e. The van der Waals surface area contributed by atoms with Crippen molar-refractivity contribution < 1.29 is 9.47 Å². The lowest BCUT2D eigenvalue weighted by Crippen LogP contribution is -2.27. The predicted molar refractivity (Wildman–Crippen MR) is 79.7 cm³/mol. The van der Waals surface area contributed by atoms with Crippen molar-refractivity contribution in [2.45, 2.75) is 32.3 Å². The van der Waals surface area contributed by atoms with Crippen LogP contribution in [0.2, 0.25) is 0 Å². The van der Waals surface area contributed by atoms with Crippen LogP contribution in [-0.2, 0) is 14.9 Å². The molecule has 0 saturated heterocycles. The highest BCUT2D eigenvalue weighted by Crippen LogP contribution is 2.21. The van der Waals surface area contributed by atoms with E-state index in [0.29, 0.717) is 24.8 Å². The molecule has 0 spiro atoms. The number of ether oxygens (including phenoxy) is 2. The number of methoxy groups -OCH3 is 2. The zero-order valence-corrected chi connectivity index (χ0v) is 12.9. The van der Waals surface area contributed by atoms with Gasteiger partial charge in [0.1, 0.15) is 17.5 Å². The van der Waals surface area contributed by atoms with Crippen LogP contribution >= 0.6 is 0 Å². The Balaban J connectivity index is 2.84. The molecule has 0 aliphatic heterocycles. The summed E-state index contributed by atoms with van der Waals surface area (Å²) in [6.07, 6.45) is -0.0395. The molecule has 0 aliphatic rings. The van der Waals surface area contributed by atoms with Crippen molar-refractivity contribution in [2.75, 3.05) is 38.1 Å². The van der Waals surface area contributed by atoms with Gasteiger partial charge in [-0.3, -0.25) is 0 Å². The van der Waals surface area contributed by atoms with Gasteiger partial charge in [-0.2, -0.15) is 0 Å². The fraction of sp³-hybridized carbons (Fsp3) is 0.692. The van der Waals surface area contributed by atoms with E-state index in [1.165, 1.54) is 0 Å². The van der Waals surface area contributed by atoms with Crippen LogP contribution in [0.4, 0.5) is 11.6 Å². The zero-order valence-electron chi connectivity index (χ0n) is 12.9. The fourth-order valence-corrected chi connectivity index (χ4v) is 1.56. The number of hydrogen-bond acceptors (Lipinski definition) is 7. The number of nitrogens with zero attached hydrogens (tertiary/aromatic N) is 2. The summed E-state index contributed by atoms with van der Waals surface area (Å²) in [6.45, 7) is 7.26. The summed E-state index contributed by atoms with van der Waals surface area (Å²) in [5.74, 6) is 7.45. The number of anilines is 2. The number of nitrogens with two attached hydrogens (primary N) is 1. The third kappa shape index (κ3) is 4.92. The Labute approximate surface area is 120 Å². The first kappa shape index (κ1) is 16.6. The molecule has 7 nitrogen and oxygen atoms in total. The first-order valence-electron chi connectivity index (χ1n) is 6.52. The van der Waals surface area contributed by atoms with Crippen LogP contribution in [0.1, 0.15) is 26.6 Å². The van der Waals surface area contributed by atoms with Gasteiger partial charge < -0.3 is 20.2 Å². The van der Waals surface area contributed by atoms with E-state index >= 15 is 0 Å². The Morgan fingerprint density at radius 3 is 2.40 bits per heavy atom. The van der Waals surface area contributed by atoms with E-state index in [9.17, 15) is 0 Å². The van der Waals surface area contributed by atoms with Gasteiger partial charge in [0.2, 0.25) is 0 Å². The maximum Gasteiger partial charge on any atom is 0.145 e. The van der Waals surface area contributed by atoms with Crippen molar-refractivity contribution in [3.05, 3.63) is 11.9 Å². The average Bonchev–Trinajstić information content (AvgIpc) is 2.42. The van der Waals surface area contributed by atoms with Crippen molar-refractivity contribution in [2.24, 2.45) is 5.84 Å². The molecule has 1 unspecified atom stereocenters. The van der Waals surface area contributed by atoms with Crippen LogP contribution in [0, 0.1) is 0 Å². The van der Waals surface area contributed by atoms with Crippen molar-refractivity contribution in [1.29, 1.82) is 0 Å². The van der Waals surface area contributed by atoms with Gasteiger partial charge in [0.05, 0.1) is 12.7 Å². The SMILES string of the molecule is COCC(CNc1cc(NN)nc(C(C)(C)C)n1)OC. The first-order chi connectivity index (χ1) is 9.40. The number of nitrogens with one attached hydrogen (secondary N) is 2. The number of hydrogen-bond donors (Lipinski definition) is 3. The molecule has 0 aliphatic carbocycles. The molecule has 20 heavy (non-hydrogen) atoms. The van der Waals surface area contributed by atoms with Crippen molar-refractivity contribution in [1.82, 2.24) is 9.97 Å². The van der Waals surface area contributed by atoms with E-state index in [2.05, 4.69) is 41.5 Å². The molecule has 0 aromatic carbocycles. The lowest BCUT2D eigenvalue weighted by Gasteiger charge is -2.20. The zero-order chi connectivity index (χ0) is 15.2. The van der Waals surface area contributed by atoms with Gasteiger partial charge in [-0.15, -0.1) is 0 Å². The summed E-state index contributed by atoms with van der Waals surface area (Å²) in [5, 5.41) is 3.22. The second-order valence-electron chi connectivity index (χ2n) is 5.55. The van der Waals surface area contributed by atoms with Gasteiger partial charge in [-0.25, -0.2) is 15.8 Å². The molecule has 7 heteroatoms. The van der Waals surface area contributed by atoms with E-state index in [4.69, 9.17) is 15.3 Å². The molecule has 0 bridgehead atoms. The van der Waals surface area contributed by atoms with E-state index < -0.39 is 0 Å². The average molecular weight is 283 g/mol. The summed E-state index contributed by atoms with van der Waals surface area (Å²) in [6, 6.07) is 1.76. The van der Waals surface area contributed by atoms with Gasteiger partial charge >= 0.3 is 0 Å². The van der Waals surface area contributed by atoms with Gasteiger partial charge in [-0.1, -0.05) is 20.8 Å². The lowest BCUT2D eigenvalue weighted by atomic mass is 9.96. The molecule has 0 saturated carbocycles. The Morgan fingerprint density at radius 1 is 1.25 bits per heavy atom. The van der Waals surface area contributed by atoms with Crippen LogP contribution in [0.25, 0.3) is 0 Å². The second-order valence-corrected chi connectivity index (χ2v) is 5.55. The Kier molecular flexibility index (Phi) is 6.12. The molecule has 4 N–H and O–H groups in total. The third-order valence-electron chi connectivity index (χ3n) is 2.74. The first-order valence-corrected chi connectivity index (χ1v) is 6.52. The summed E-state index contributed by atoms with van der Waals surface area (Å²) >= 11 is 0. The maximum absolute atomic E-state index is 5.45. The highest BCUT2D eigenvalue weighted by molar-refractivity contribution is 5.47. The predicted octanol–water partition coefficient (Wildman–Crippen LogP) is 1.13. The van der Waals surface area contributed by atoms with Crippen molar-refractivity contribution >= 4 is 11.6 Å². The minimum absolute atomic E-state index is 0.0395. The quantitative estimate of drug-likeness (QED) is 0.510. The third-order valence-corrected chi connectivity index (χ3v) is 2.74. The highest BCUT2D eigenvalue weighted by atomic mass is 16.5. The van der Waals surface area contributed by atoms with Gasteiger partial charge in [0.25, 0.3) is 0 Å². The minimum atomic E-state index is -0.156. The molecule has 1 aromatic rings. The lowest BCUT2D eigenvalue weighted by molar-refractivity contribution is 0.0365. The molecule has 0 fully saturated rings. The Morgan fingerprint density at radius 2 is 1.90 bits per heavy atom. The smallest absolute Gasteiger partial charge is 0.145 e. The normalized spacial score (nSPS) is 13.1.